The van der Waals surface area contributed by atoms with Crippen molar-refractivity contribution in [3.05, 3.63) is 28.3 Å². The van der Waals surface area contributed by atoms with Crippen molar-refractivity contribution < 1.29 is 19.1 Å². The highest BCUT2D eigenvalue weighted by molar-refractivity contribution is 6.31. The Morgan fingerprint density at radius 1 is 1.23 bits per heavy atom. The first-order chi connectivity index (χ1) is 14.2. The van der Waals surface area contributed by atoms with Gasteiger partial charge in [0, 0.05) is 42.6 Å². The van der Waals surface area contributed by atoms with Gasteiger partial charge in [0.15, 0.2) is 0 Å². The molecule has 4 atom stereocenters. The molecule has 0 aromatic heterocycles. The molecule has 2 fully saturated rings. The predicted octanol–water partition coefficient (Wildman–Crippen LogP) is 2.45. The number of methoxy groups -OCH3 is 1. The smallest absolute Gasteiger partial charge is 0.250 e. The number of aryl methyl sites for hydroxylation is 1. The number of nitrogens with zero attached hydrogens (tertiary/aromatic N) is 1. The molecule has 1 aromatic carbocycles. The zero-order valence-corrected chi connectivity index (χ0v) is 18.5. The molecule has 0 bridgehead atoms. The number of hydrogen-bond acceptors (Lipinski definition) is 5. The summed E-state index contributed by atoms with van der Waals surface area (Å²) in [5, 5.41) is 6.90. The first-order valence-electron chi connectivity index (χ1n) is 10.5. The van der Waals surface area contributed by atoms with Crippen molar-refractivity contribution in [2.75, 3.05) is 25.6 Å². The lowest BCUT2D eigenvalue weighted by Gasteiger charge is -2.30. The largest absolute Gasteiger partial charge is 0.385 e. The van der Waals surface area contributed by atoms with Crippen molar-refractivity contribution in [1.29, 1.82) is 0 Å². The van der Waals surface area contributed by atoms with Crippen LogP contribution in [0.25, 0.3) is 0 Å². The second-order valence-electron chi connectivity index (χ2n) is 8.97. The molecule has 4 rings (SSSR count). The lowest BCUT2D eigenvalue weighted by Crippen LogP contribution is -2.53. The molecule has 4 unspecified atom stereocenters. The molecule has 3 amide bonds. The van der Waals surface area contributed by atoms with Gasteiger partial charge in [0.2, 0.25) is 17.7 Å². The Kier molecular flexibility index (Phi) is 5.41. The fourth-order valence-electron chi connectivity index (χ4n) is 5.39. The number of nitrogens with one attached hydrogen (secondary N) is 2. The van der Waals surface area contributed by atoms with E-state index >= 15 is 0 Å². The van der Waals surface area contributed by atoms with Crippen molar-refractivity contribution >= 4 is 35.0 Å². The van der Waals surface area contributed by atoms with Gasteiger partial charge < -0.3 is 10.1 Å². The molecule has 0 saturated carbocycles. The van der Waals surface area contributed by atoms with Gasteiger partial charge in [-0.3, -0.25) is 24.6 Å². The van der Waals surface area contributed by atoms with Crippen LogP contribution in [-0.2, 0) is 24.7 Å². The number of rotatable bonds is 6. The zero-order valence-electron chi connectivity index (χ0n) is 17.8. The summed E-state index contributed by atoms with van der Waals surface area (Å²) in [7, 11) is 1.59. The Balaban J connectivity index is 1.82. The quantitative estimate of drug-likeness (QED) is 0.531. The van der Waals surface area contributed by atoms with Crippen molar-refractivity contribution in [2.45, 2.75) is 45.2 Å². The van der Waals surface area contributed by atoms with Crippen LogP contribution in [0.3, 0.4) is 0 Å². The number of benzene rings is 1. The van der Waals surface area contributed by atoms with E-state index in [2.05, 4.69) is 24.5 Å². The SMILES string of the molecule is COCCCN1C(=O)C2C(CC(C)C)NC3(C(=O)Nc4c(C)cc(Cl)cc43)C2C1=O. The normalized spacial score (nSPS) is 29.9. The van der Waals surface area contributed by atoms with Gasteiger partial charge in [-0.1, -0.05) is 25.4 Å². The Labute approximate surface area is 181 Å². The number of hydrogen-bond donors (Lipinski definition) is 2. The number of amides is 3. The van der Waals surface area contributed by atoms with Gasteiger partial charge in [0.25, 0.3) is 0 Å². The monoisotopic (exact) mass is 433 g/mol. The van der Waals surface area contributed by atoms with Gasteiger partial charge in [0.1, 0.15) is 5.54 Å². The van der Waals surface area contributed by atoms with E-state index in [1.807, 2.05) is 6.92 Å². The number of anilines is 1. The Hall–Kier alpha value is -1.96. The summed E-state index contributed by atoms with van der Waals surface area (Å²) in [6, 6.07) is 3.26. The fourth-order valence-corrected chi connectivity index (χ4v) is 5.66. The van der Waals surface area contributed by atoms with Gasteiger partial charge >= 0.3 is 0 Å². The van der Waals surface area contributed by atoms with E-state index in [9.17, 15) is 14.4 Å². The third-order valence-corrected chi connectivity index (χ3v) is 6.75. The number of fused-ring (bicyclic) bond motifs is 4. The summed E-state index contributed by atoms with van der Waals surface area (Å²) in [6.45, 7) is 6.78. The molecule has 8 heteroatoms. The second kappa shape index (κ2) is 7.62. The van der Waals surface area contributed by atoms with Gasteiger partial charge in [-0.05, 0) is 43.4 Å². The molecule has 0 aliphatic carbocycles. The topological polar surface area (TPSA) is 87.7 Å². The lowest BCUT2D eigenvalue weighted by molar-refractivity contribution is -0.143. The van der Waals surface area contributed by atoms with Gasteiger partial charge in [-0.2, -0.15) is 0 Å². The van der Waals surface area contributed by atoms with E-state index in [-0.39, 0.29) is 23.8 Å². The lowest BCUT2D eigenvalue weighted by atomic mass is 9.76. The molecule has 3 aliphatic heterocycles. The van der Waals surface area contributed by atoms with Crippen LogP contribution >= 0.6 is 11.6 Å². The minimum Gasteiger partial charge on any atom is -0.385 e. The molecule has 1 spiro atoms. The van der Waals surface area contributed by atoms with E-state index in [4.69, 9.17) is 16.3 Å². The van der Waals surface area contributed by atoms with E-state index in [1.165, 1.54) is 4.90 Å². The van der Waals surface area contributed by atoms with Gasteiger partial charge in [-0.15, -0.1) is 0 Å². The summed E-state index contributed by atoms with van der Waals surface area (Å²) in [5.74, 6) is -1.83. The van der Waals surface area contributed by atoms with Gasteiger partial charge in [0.05, 0.1) is 11.8 Å². The Morgan fingerprint density at radius 2 is 1.97 bits per heavy atom. The summed E-state index contributed by atoms with van der Waals surface area (Å²) in [5.41, 5.74) is 0.900. The molecule has 3 aliphatic rings. The summed E-state index contributed by atoms with van der Waals surface area (Å²) in [6.07, 6.45) is 1.26. The zero-order chi connectivity index (χ0) is 21.8. The van der Waals surface area contributed by atoms with Crippen LogP contribution in [0, 0.1) is 24.7 Å². The molecule has 30 heavy (non-hydrogen) atoms. The molecular weight excluding hydrogens is 406 g/mol. The Morgan fingerprint density at radius 3 is 2.63 bits per heavy atom. The van der Waals surface area contributed by atoms with Crippen LogP contribution in [0.5, 0.6) is 0 Å². The van der Waals surface area contributed by atoms with E-state index in [0.29, 0.717) is 48.2 Å². The number of likely N-dealkylation sites (tertiary alicyclic amines) is 1. The van der Waals surface area contributed by atoms with Crippen LogP contribution in [0.4, 0.5) is 5.69 Å². The number of carbonyl (C=O) groups is 3. The Bertz CT molecular complexity index is 918. The molecule has 162 valence electrons. The first-order valence-corrected chi connectivity index (χ1v) is 10.8. The molecular formula is C22H28ClN3O4. The van der Waals surface area contributed by atoms with Crippen LogP contribution in [0.1, 0.15) is 37.8 Å². The number of ether oxygens (including phenoxy) is 1. The van der Waals surface area contributed by atoms with E-state index in [0.717, 1.165) is 5.56 Å². The molecule has 2 N–H and O–H groups in total. The number of halogens is 1. The third-order valence-electron chi connectivity index (χ3n) is 6.53. The minimum atomic E-state index is -1.28. The van der Waals surface area contributed by atoms with Crippen LogP contribution in [-0.4, -0.2) is 48.9 Å². The average molecular weight is 434 g/mol. The maximum absolute atomic E-state index is 13.5. The molecule has 2 saturated heterocycles. The maximum atomic E-state index is 13.5. The van der Waals surface area contributed by atoms with Crippen molar-refractivity contribution in [3.63, 3.8) is 0 Å². The maximum Gasteiger partial charge on any atom is 0.250 e. The standard InChI is InChI=1S/C22H28ClN3O4/c1-11(2)8-15-16-17(20(28)26(19(16)27)6-5-7-30-4)22(25-15)14-10-13(23)9-12(3)18(14)24-21(22)29/h9-11,15-17,25H,5-8H2,1-4H3,(H,24,29). The highest BCUT2D eigenvalue weighted by atomic mass is 35.5. The number of imide groups is 1. The third kappa shape index (κ3) is 2.98. The molecule has 3 heterocycles. The predicted molar refractivity (Wildman–Crippen MR) is 113 cm³/mol. The minimum absolute atomic E-state index is 0.198. The van der Waals surface area contributed by atoms with E-state index in [1.54, 1.807) is 19.2 Å². The van der Waals surface area contributed by atoms with Crippen LogP contribution < -0.4 is 10.6 Å². The summed E-state index contributed by atoms with van der Waals surface area (Å²) < 4.78 is 5.08. The van der Waals surface area contributed by atoms with Crippen molar-refractivity contribution in [3.8, 4) is 0 Å². The van der Waals surface area contributed by atoms with Crippen LogP contribution in [0.2, 0.25) is 5.02 Å². The summed E-state index contributed by atoms with van der Waals surface area (Å²) >= 11 is 6.34. The van der Waals surface area contributed by atoms with Crippen molar-refractivity contribution in [1.82, 2.24) is 10.2 Å². The van der Waals surface area contributed by atoms with Crippen molar-refractivity contribution in [2.24, 2.45) is 17.8 Å². The molecule has 0 radical (unpaired) electrons. The molecule has 1 aromatic rings. The number of carbonyl (C=O) groups excluding carboxylic acids is 3. The first kappa shape index (κ1) is 21.3. The highest BCUT2D eigenvalue weighted by Gasteiger charge is 2.70. The van der Waals surface area contributed by atoms with Crippen LogP contribution in [0.15, 0.2) is 12.1 Å². The average Bonchev–Trinajstić information content (AvgIpc) is 3.23. The second-order valence-corrected chi connectivity index (χ2v) is 9.40. The summed E-state index contributed by atoms with van der Waals surface area (Å²) in [4.78, 5) is 41.6. The fraction of sp³-hybridized carbons (Fsp3) is 0.591. The molecule has 7 nitrogen and oxygen atoms in total. The highest BCUT2D eigenvalue weighted by Crippen LogP contribution is 2.54. The van der Waals surface area contributed by atoms with E-state index < -0.39 is 17.4 Å². The van der Waals surface area contributed by atoms with Gasteiger partial charge in [-0.25, -0.2) is 0 Å².